The van der Waals surface area contributed by atoms with Gasteiger partial charge < -0.3 is 57.8 Å². The summed E-state index contributed by atoms with van der Waals surface area (Å²) in [4.78, 5) is 95.0. The van der Waals surface area contributed by atoms with Crippen molar-refractivity contribution in [1.29, 1.82) is 0 Å². The molecule has 2 aromatic rings. The number of carbonyl (C=O) groups is 7. The predicted octanol–water partition coefficient (Wildman–Crippen LogP) is 2.35. The zero-order valence-electron chi connectivity index (χ0n) is 43.8. The number of benzene rings is 2. The number of nitrogens with two attached hydrogens (primary N) is 2. The number of hydrogen-bond donors (Lipinski definition) is 9. The van der Waals surface area contributed by atoms with Crippen LogP contribution in [0.15, 0.2) is 48.5 Å². The van der Waals surface area contributed by atoms with Gasteiger partial charge in [0.2, 0.25) is 35.4 Å². The van der Waals surface area contributed by atoms with Crippen molar-refractivity contribution in [3.05, 3.63) is 59.7 Å². The van der Waals surface area contributed by atoms with Crippen molar-refractivity contribution in [3.63, 3.8) is 0 Å². The van der Waals surface area contributed by atoms with Crippen LogP contribution in [0.5, 0.6) is 0 Å². The van der Waals surface area contributed by atoms with Crippen molar-refractivity contribution in [1.82, 2.24) is 36.8 Å². The van der Waals surface area contributed by atoms with Crippen molar-refractivity contribution in [2.24, 2.45) is 28.7 Å². The van der Waals surface area contributed by atoms with E-state index in [4.69, 9.17) is 20.8 Å². The molecule has 0 aromatic heterocycles. The second-order valence-electron chi connectivity index (χ2n) is 21.4. The summed E-state index contributed by atoms with van der Waals surface area (Å²) in [5.74, 6) is -4.08. The Morgan fingerprint density at radius 1 is 0.822 bits per heavy atom. The Morgan fingerprint density at radius 3 is 2.12 bits per heavy atom. The number of likely N-dealkylation sites (tertiary alicyclic amines) is 1. The van der Waals surface area contributed by atoms with Crippen LogP contribution in [-0.2, 0) is 44.5 Å². The monoisotopic (exact) mass is 1010 g/mol. The van der Waals surface area contributed by atoms with Crippen LogP contribution in [0.25, 0.3) is 11.1 Å². The first kappa shape index (κ1) is 56.9. The number of nitrogens with zero attached hydrogens (tertiary/aromatic N) is 1. The van der Waals surface area contributed by atoms with E-state index < -0.39 is 91.0 Å². The molecule has 11 N–H and O–H groups in total. The average Bonchev–Trinajstić information content (AvgIpc) is 3.99. The van der Waals surface area contributed by atoms with Crippen molar-refractivity contribution in [2.45, 2.75) is 180 Å². The molecule has 5 aliphatic rings. The molecule has 2 bridgehead atoms. The molecule has 7 amide bonds. The van der Waals surface area contributed by atoms with E-state index in [0.717, 1.165) is 56.1 Å². The summed E-state index contributed by atoms with van der Waals surface area (Å²) in [7, 11) is -0.473. The van der Waals surface area contributed by atoms with E-state index in [0.29, 0.717) is 43.3 Å². The smallest absolute Gasteiger partial charge is 0.404 e. The lowest BCUT2D eigenvalue weighted by Crippen LogP contribution is -2.65. The first-order valence-corrected chi connectivity index (χ1v) is 26.4. The van der Waals surface area contributed by atoms with E-state index in [1.165, 1.54) is 19.4 Å². The van der Waals surface area contributed by atoms with Gasteiger partial charge >= 0.3 is 7.12 Å². The molecule has 11 atom stereocenters. The topological polar surface area (TPSA) is 286 Å². The first-order chi connectivity index (χ1) is 34.7. The Hall–Kier alpha value is -5.41. The Morgan fingerprint density at radius 2 is 1.49 bits per heavy atom. The molecular formula is C53H80BN9O10. The highest BCUT2D eigenvalue weighted by Crippen LogP contribution is 2.66. The van der Waals surface area contributed by atoms with Gasteiger partial charge in [0.05, 0.1) is 30.4 Å². The lowest BCUT2D eigenvalue weighted by Gasteiger charge is -2.64. The van der Waals surface area contributed by atoms with Gasteiger partial charge in [-0.2, -0.15) is 0 Å². The fourth-order valence-electron chi connectivity index (χ4n) is 11.3. The number of aliphatic hydroxyl groups is 1. The maximum absolute atomic E-state index is 13.8. The van der Waals surface area contributed by atoms with Crippen LogP contribution in [-0.4, -0.2) is 132 Å². The largest absolute Gasteiger partial charge is 0.476 e. The van der Waals surface area contributed by atoms with Gasteiger partial charge in [0.15, 0.2) is 0 Å². The Labute approximate surface area is 430 Å². The van der Waals surface area contributed by atoms with E-state index in [-0.39, 0.29) is 42.8 Å². The average molecular weight is 1010 g/mol. The van der Waals surface area contributed by atoms with Gasteiger partial charge in [-0.1, -0.05) is 63.6 Å². The molecule has 2 saturated heterocycles. The molecule has 0 spiro atoms. The summed E-state index contributed by atoms with van der Waals surface area (Å²) in [6, 6.07) is 10.1. The molecule has 3 aliphatic carbocycles. The molecule has 7 rings (SSSR count). The third-order valence-corrected chi connectivity index (χ3v) is 15.8. The molecule has 3 saturated carbocycles. The standard InChI is InChI=1S/C53H80BN9O10/c1-8-9-13-34-16-18-35(19-17-34)36-20-22-37(23-21-36)48(68)57-26-24-45(66)60-39(14-10-11-25-55)49(69)62-46(32(3)64)51(71)58-31(2)47(67)61-40(30-44(56)65)50(70)59-33(4)63-27-12-15-43(63)54-72-42-29-38-28-41(52(38,5)6)53(42,7)73-54/h16-23,31-33,38-43,46,64H,8-15,24-30,55H2,1-7H3,(H2,56,65)(H,57,68)(H,58,71)(H,59,70)(H,60,66)(H,61,67)(H,62,69)/t31-,32+,33+,38-,39-,40-,41-,42?,43-,46-,53-/m0/s1. The zero-order chi connectivity index (χ0) is 53.2. The lowest BCUT2D eigenvalue weighted by molar-refractivity contribution is -0.199. The lowest BCUT2D eigenvalue weighted by atomic mass is 9.43. The molecule has 1 unspecified atom stereocenters. The summed E-state index contributed by atoms with van der Waals surface area (Å²) in [5, 5.41) is 26.5. The minimum atomic E-state index is -1.57. The highest BCUT2D eigenvalue weighted by molar-refractivity contribution is 6.47. The van der Waals surface area contributed by atoms with Gasteiger partial charge in [-0.15, -0.1) is 0 Å². The zero-order valence-corrected chi connectivity index (χ0v) is 43.8. The number of unbranched alkanes of at least 4 members (excludes halogenated alkanes) is 2. The molecule has 5 fully saturated rings. The van der Waals surface area contributed by atoms with Crippen LogP contribution >= 0.6 is 0 Å². The predicted molar refractivity (Wildman–Crippen MR) is 277 cm³/mol. The minimum Gasteiger partial charge on any atom is -0.404 e. The maximum atomic E-state index is 13.8. The fourth-order valence-corrected chi connectivity index (χ4v) is 11.3. The number of amides is 7. The number of aryl methyl sites for hydroxylation is 1. The molecule has 20 heteroatoms. The van der Waals surface area contributed by atoms with E-state index >= 15 is 0 Å². The van der Waals surface area contributed by atoms with E-state index in [1.54, 1.807) is 12.1 Å². The molecule has 2 heterocycles. The van der Waals surface area contributed by atoms with Gasteiger partial charge in [-0.3, -0.25) is 38.5 Å². The molecule has 73 heavy (non-hydrogen) atoms. The van der Waals surface area contributed by atoms with Crippen LogP contribution in [0.4, 0.5) is 0 Å². The quantitative estimate of drug-likeness (QED) is 0.0485. The number of primary amides is 1. The van der Waals surface area contributed by atoms with Gasteiger partial charge in [-0.05, 0) is 145 Å². The van der Waals surface area contributed by atoms with Crippen LogP contribution < -0.4 is 43.4 Å². The third kappa shape index (κ3) is 14.1. The fraction of sp³-hybridized carbons (Fsp3) is 0.642. The summed E-state index contributed by atoms with van der Waals surface area (Å²) in [6.07, 6.45) is 5.52. The van der Waals surface area contributed by atoms with Crippen LogP contribution in [0.3, 0.4) is 0 Å². The van der Waals surface area contributed by atoms with E-state index in [2.05, 4.69) is 88.8 Å². The molecular weight excluding hydrogens is 933 g/mol. The first-order valence-electron chi connectivity index (χ1n) is 26.4. The van der Waals surface area contributed by atoms with Gasteiger partial charge in [0.25, 0.3) is 5.91 Å². The van der Waals surface area contributed by atoms with E-state index in [1.807, 2.05) is 19.1 Å². The Balaban J connectivity index is 0.978. The number of nitrogens with one attached hydrogen (secondary N) is 6. The molecule has 0 radical (unpaired) electrons. The summed E-state index contributed by atoms with van der Waals surface area (Å²) in [5.41, 5.74) is 14.7. The second-order valence-corrected chi connectivity index (χ2v) is 21.4. The summed E-state index contributed by atoms with van der Waals surface area (Å²) >= 11 is 0. The molecule has 2 aliphatic heterocycles. The van der Waals surface area contributed by atoms with Crippen LogP contribution in [0.1, 0.15) is 135 Å². The number of hydrogen-bond acceptors (Lipinski definition) is 12. The number of aliphatic hydroxyl groups excluding tert-OH is 1. The Kier molecular flexibility index (Phi) is 19.7. The normalized spacial score (nSPS) is 24.3. The minimum absolute atomic E-state index is 0.00142. The SMILES string of the molecule is CCCCc1ccc(-c2ccc(C(=O)NCCC(=O)N[C@@H](CCCCN)C(=O)N[C@H](C(=O)N[C@@H](C)C(=O)N[C@@H](CC(N)=O)C(=O)N[C@@H](C)N3CCC[C@H]3B3OC4C[C@@H]5C[C@@H](C5(C)C)[C@]4(C)O3)[C@@H](C)O)cc2)cc1. The maximum Gasteiger partial charge on any atom is 0.476 e. The third-order valence-electron chi connectivity index (χ3n) is 15.8. The van der Waals surface area contributed by atoms with Crippen LogP contribution in [0.2, 0.25) is 0 Å². The summed E-state index contributed by atoms with van der Waals surface area (Å²) < 4.78 is 13.4. The van der Waals surface area contributed by atoms with E-state index in [9.17, 15) is 38.7 Å². The van der Waals surface area contributed by atoms with Gasteiger partial charge in [0, 0.05) is 24.5 Å². The second kappa shape index (κ2) is 25.2. The molecule has 19 nitrogen and oxygen atoms in total. The van der Waals surface area contributed by atoms with Crippen LogP contribution in [0, 0.1) is 17.3 Å². The highest BCUT2D eigenvalue weighted by atomic mass is 16.7. The van der Waals surface area contributed by atoms with Crippen molar-refractivity contribution >= 4 is 48.5 Å². The number of rotatable bonds is 26. The summed E-state index contributed by atoms with van der Waals surface area (Å²) in [6.45, 7) is 14.4. The van der Waals surface area contributed by atoms with Gasteiger partial charge in [0.1, 0.15) is 24.2 Å². The Bertz CT molecular complexity index is 2270. The van der Waals surface area contributed by atoms with Crippen molar-refractivity contribution < 1.29 is 48.0 Å². The molecule has 400 valence electrons. The van der Waals surface area contributed by atoms with Gasteiger partial charge in [-0.25, -0.2) is 0 Å². The van der Waals surface area contributed by atoms with Crippen molar-refractivity contribution in [3.8, 4) is 11.1 Å². The van der Waals surface area contributed by atoms with Crippen molar-refractivity contribution in [2.75, 3.05) is 19.6 Å². The highest BCUT2D eigenvalue weighted by Gasteiger charge is 2.69. The molecule has 2 aromatic carbocycles. The number of carbonyl (C=O) groups excluding carboxylic acids is 7.